The number of aromatic amines is 1. The lowest BCUT2D eigenvalue weighted by Gasteiger charge is -2.08. The van der Waals surface area contributed by atoms with Crippen LogP contribution in [0.2, 0.25) is 0 Å². The second-order valence-corrected chi connectivity index (χ2v) is 6.79. The van der Waals surface area contributed by atoms with Crippen molar-refractivity contribution in [2.45, 2.75) is 32.0 Å². The number of aromatic nitrogens is 6. The molecule has 3 aromatic rings. The Balaban J connectivity index is 1.88. The van der Waals surface area contributed by atoms with Gasteiger partial charge < -0.3 is 5.11 Å². The van der Waals surface area contributed by atoms with Gasteiger partial charge in [0.05, 0.1) is 23.8 Å². The molecule has 0 unspecified atom stereocenters. The number of nitrogens with one attached hydrogen (secondary N) is 2. The molecule has 10 heteroatoms. The summed E-state index contributed by atoms with van der Waals surface area (Å²) < 4.78 is 1.79. The number of aryl methyl sites for hydroxylation is 1. The van der Waals surface area contributed by atoms with Crippen LogP contribution in [0.1, 0.15) is 35.9 Å². The number of H-pyrrole nitrogens is 1. The monoisotopic (exact) mass is 361 g/mol. The maximum Gasteiger partial charge on any atom is 0.258 e. The van der Waals surface area contributed by atoms with E-state index in [0.717, 1.165) is 5.69 Å². The number of carbonyl (C=O) groups is 1. The molecule has 0 aliphatic carbocycles. The summed E-state index contributed by atoms with van der Waals surface area (Å²) in [7, 11) is 0. The van der Waals surface area contributed by atoms with Gasteiger partial charge in [0.1, 0.15) is 0 Å². The van der Waals surface area contributed by atoms with Crippen LogP contribution >= 0.6 is 11.8 Å². The van der Waals surface area contributed by atoms with Crippen LogP contribution in [-0.4, -0.2) is 53.3 Å². The van der Waals surface area contributed by atoms with Crippen LogP contribution in [0.4, 0.5) is 5.95 Å². The van der Waals surface area contributed by atoms with Gasteiger partial charge in [0, 0.05) is 17.5 Å². The zero-order valence-electron chi connectivity index (χ0n) is 14.1. The topological polar surface area (TPSA) is 122 Å². The number of pyridine rings is 1. The number of amides is 1. The van der Waals surface area contributed by atoms with Crippen molar-refractivity contribution in [1.29, 1.82) is 0 Å². The van der Waals surface area contributed by atoms with Crippen LogP contribution in [0.3, 0.4) is 0 Å². The summed E-state index contributed by atoms with van der Waals surface area (Å²) in [6, 6.07) is 1.87. The third kappa shape index (κ3) is 3.64. The Hall–Kier alpha value is -2.46. The highest BCUT2D eigenvalue weighted by molar-refractivity contribution is 7.99. The Morgan fingerprint density at radius 3 is 2.96 bits per heavy atom. The van der Waals surface area contributed by atoms with Crippen LogP contribution in [0.15, 0.2) is 17.4 Å². The molecule has 0 spiro atoms. The maximum atomic E-state index is 12.7. The summed E-state index contributed by atoms with van der Waals surface area (Å²) in [5.41, 5.74) is 1.89. The number of carbonyl (C=O) groups excluding carboxylic acids is 1. The fourth-order valence-electron chi connectivity index (χ4n) is 2.39. The molecule has 0 fully saturated rings. The molecule has 3 rings (SSSR count). The van der Waals surface area contributed by atoms with Crippen LogP contribution in [0.25, 0.3) is 11.0 Å². The normalized spacial score (nSPS) is 11.4. The van der Waals surface area contributed by atoms with Gasteiger partial charge in [-0.1, -0.05) is 11.8 Å². The van der Waals surface area contributed by atoms with Gasteiger partial charge in [0.25, 0.3) is 5.91 Å². The van der Waals surface area contributed by atoms with Crippen molar-refractivity contribution in [1.82, 2.24) is 29.9 Å². The van der Waals surface area contributed by atoms with E-state index in [1.807, 2.05) is 20.8 Å². The van der Waals surface area contributed by atoms with Crippen molar-refractivity contribution >= 4 is 34.7 Å². The quantitative estimate of drug-likeness (QED) is 0.572. The van der Waals surface area contributed by atoms with Gasteiger partial charge in [-0.2, -0.15) is 10.1 Å². The van der Waals surface area contributed by atoms with E-state index in [2.05, 4.69) is 30.6 Å². The van der Waals surface area contributed by atoms with Crippen molar-refractivity contribution in [2.75, 3.05) is 17.7 Å². The second kappa shape index (κ2) is 7.19. The molecule has 0 aliphatic rings. The minimum absolute atomic E-state index is 0.0367. The highest BCUT2D eigenvalue weighted by Crippen LogP contribution is 2.22. The van der Waals surface area contributed by atoms with E-state index in [1.54, 1.807) is 16.9 Å². The summed E-state index contributed by atoms with van der Waals surface area (Å²) in [5, 5.41) is 23.7. The van der Waals surface area contributed by atoms with E-state index >= 15 is 0 Å². The van der Waals surface area contributed by atoms with Gasteiger partial charge in [0.15, 0.2) is 5.65 Å². The van der Waals surface area contributed by atoms with Gasteiger partial charge in [-0.15, -0.1) is 5.10 Å². The van der Waals surface area contributed by atoms with E-state index in [0.29, 0.717) is 27.5 Å². The molecule has 9 nitrogen and oxygen atoms in total. The zero-order valence-corrected chi connectivity index (χ0v) is 15.0. The molecule has 1 amide bonds. The number of anilines is 1. The van der Waals surface area contributed by atoms with E-state index in [4.69, 9.17) is 5.11 Å². The number of thioether (sulfide) groups is 1. The first-order chi connectivity index (χ1) is 12.0. The molecular formula is C15H19N7O2S. The molecule has 3 N–H and O–H groups in total. The minimum Gasteiger partial charge on any atom is -0.396 e. The Bertz CT molecular complexity index is 903. The van der Waals surface area contributed by atoms with Crippen LogP contribution in [0.5, 0.6) is 0 Å². The van der Waals surface area contributed by atoms with Gasteiger partial charge in [-0.25, -0.2) is 14.8 Å². The first-order valence-corrected chi connectivity index (χ1v) is 8.80. The standard InChI is InChI=1S/C15H19N7O2S/c1-8(2)22-12-11(7-16-22)10(6-9(3)17-12)13(24)18-14-19-15(21-20-14)25-5-4-23/h6-8,23H,4-5H2,1-3H3,(H2,18,19,20,21,24). The molecule has 0 radical (unpaired) electrons. The van der Waals surface area contributed by atoms with Gasteiger partial charge >= 0.3 is 0 Å². The number of hydrogen-bond donors (Lipinski definition) is 3. The van der Waals surface area contributed by atoms with Crippen molar-refractivity contribution in [3.63, 3.8) is 0 Å². The summed E-state index contributed by atoms with van der Waals surface area (Å²) in [4.78, 5) is 21.3. The fourth-order valence-corrected chi connectivity index (χ4v) is 2.93. The minimum atomic E-state index is -0.311. The number of aliphatic hydroxyl groups is 1. The molecule has 0 aromatic carbocycles. The van der Waals surface area contributed by atoms with Gasteiger partial charge in [-0.3, -0.25) is 10.1 Å². The zero-order chi connectivity index (χ0) is 18.0. The predicted octanol–water partition coefficient (Wildman–Crippen LogP) is 1.78. The molecule has 25 heavy (non-hydrogen) atoms. The Kier molecular flexibility index (Phi) is 5.00. The van der Waals surface area contributed by atoms with E-state index in [1.165, 1.54) is 11.8 Å². The predicted molar refractivity (Wildman–Crippen MR) is 94.8 cm³/mol. The smallest absolute Gasteiger partial charge is 0.258 e. The Labute approximate surface area is 148 Å². The summed E-state index contributed by atoms with van der Waals surface area (Å²) in [5.74, 6) is 0.432. The second-order valence-electron chi connectivity index (χ2n) is 5.72. The fraction of sp³-hybridized carbons (Fsp3) is 0.400. The molecule has 0 bridgehead atoms. The lowest BCUT2D eigenvalue weighted by atomic mass is 10.1. The maximum absolute atomic E-state index is 12.7. The van der Waals surface area contributed by atoms with Crippen molar-refractivity contribution < 1.29 is 9.90 Å². The van der Waals surface area contributed by atoms with Crippen molar-refractivity contribution in [3.05, 3.63) is 23.5 Å². The SMILES string of the molecule is Cc1cc(C(=O)Nc2nc(SCCO)n[nH]2)c2cnn(C(C)C)c2n1. The third-order valence-corrected chi connectivity index (χ3v) is 4.28. The Morgan fingerprint density at radius 2 is 2.24 bits per heavy atom. The first-order valence-electron chi connectivity index (χ1n) is 7.82. The van der Waals surface area contributed by atoms with Crippen molar-refractivity contribution in [2.24, 2.45) is 0 Å². The van der Waals surface area contributed by atoms with Crippen LogP contribution in [0, 0.1) is 6.92 Å². The van der Waals surface area contributed by atoms with Crippen molar-refractivity contribution in [3.8, 4) is 0 Å². The molecule has 132 valence electrons. The highest BCUT2D eigenvalue weighted by Gasteiger charge is 2.18. The lowest BCUT2D eigenvalue weighted by molar-refractivity contribution is 0.102. The van der Waals surface area contributed by atoms with Gasteiger partial charge in [-0.05, 0) is 26.8 Å². The molecule has 0 aliphatic heterocycles. The molecular weight excluding hydrogens is 342 g/mol. The molecule has 3 heterocycles. The average molecular weight is 361 g/mol. The molecule has 0 saturated heterocycles. The molecule has 0 saturated carbocycles. The highest BCUT2D eigenvalue weighted by atomic mass is 32.2. The summed E-state index contributed by atoms with van der Waals surface area (Å²) in [6.45, 7) is 5.90. The van der Waals surface area contributed by atoms with E-state index in [9.17, 15) is 4.79 Å². The summed E-state index contributed by atoms with van der Waals surface area (Å²) in [6.07, 6.45) is 1.65. The van der Waals surface area contributed by atoms with E-state index < -0.39 is 0 Å². The lowest BCUT2D eigenvalue weighted by Crippen LogP contribution is -2.14. The van der Waals surface area contributed by atoms with Gasteiger partial charge in [0.2, 0.25) is 11.1 Å². The van der Waals surface area contributed by atoms with E-state index in [-0.39, 0.29) is 24.5 Å². The average Bonchev–Trinajstić information content (AvgIpc) is 3.18. The number of hydrogen-bond acceptors (Lipinski definition) is 7. The largest absolute Gasteiger partial charge is 0.396 e. The van der Waals surface area contributed by atoms with Crippen LogP contribution < -0.4 is 5.32 Å². The number of rotatable bonds is 6. The molecule has 0 atom stereocenters. The number of nitrogens with zero attached hydrogens (tertiary/aromatic N) is 5. The number of aliphatic hydroxyl groups excluding tert-OH is 1. The van der Waals surface area contributed by atoms with Crippen LogP contribution in [-0.2, 0) is 0 Å². The first kappa shape index (κ1) is 17.4. The summed E-state index contributed by atoms with van der Waals surface area (Å²) >= 11 is 1.30. The third-order valence-electron chi connectivity index (χ3n) is 3.45. The molecule has 3 aromatic heterocycles. The Morgan fingerprint density at radius 1 is 1.44 bits per heavy atom. The number of fused-ring (bicyclic) bond motifs is 1.